The molecule has 0 radical (unpaired) electrons. The van der Waals surface area contributed by atoms with E-state index in [1.165, 1.54) is 0 Å². The van der Waals surface area contributed by atoms with Crippen molar-refractivity contribution in [3.63, 3.8) is 0 Å². The Morgan fingerprint density at radius 2 is 1.78 bits per heavy atom. The van der Waals surface area contributed by atoms with Gasteiger partial charge in [-0.15, -0.1) is 0 Å². The maximum atomic E-state index is 12.1. The van der Waals surface area contributed by atoms with Crippen molar-refractivity contribution in [2.45, 2.75) is 18.4 Å². The highest BCUT2D eigenvalue weighted by molar-refractivity contribution is 6.33. The molecule has 1 aliphatic rings. The van der Waals surface area contributed by atoms with E-state index in [9.17, 15) is 9.90 Å². The van der Waals surface area contributed by atoms with Crippen LogP contribution in [0.2, 0.25) is 5.02 Å². The Kier molecular flexibility index (Phi) is 4.55. The Labute approximate surface area is 140 Å². The second-order valence-electron chi connectivity index (χ2n) is 5.85. The van der Waals surface area contributed by atoms with Gasteiger partial charge in [-0.2, -0.15) is 0 Å². The Balaban J connectivity index is 1.66. The molecule has 23 heavy (non-hydrogen) atoms. The SMILES string of the molecule is O=C(NCC(O)(c1ccccc1)C1CC1)Nc1ccccc1Cl. The molecule has 0 bridgehead atoms. The molecule has 1 atom stereocenters. The van der Waals surface area contributed by atoms with Crippen LogP contribution in [0.4, 0.5) is 10.5 Å². The van der Waals surface area contributed by atoms with Crippen LogP contribution in [0.5, 0.6) is 0 Å². The van der Waals surface area contributed by atoms with Gasteiger partial charge >= 0.3 is 6.03 Å². The van der Waals surface area contributed by atoms with Gasteiger partial charge in [-0.05, 0) is 36.5 Å². The predicted octanol–water partition coefficient (Wildman–Crippen LogP) is 3.76. The van der Waals surface area contributed by atoms with Gasteiger partial charge in [0, 0.05) is 0 Å². The van der Waals surface area contributed by atoms with E-state index in [4.69, 9.17) is 11.6 Å². The van der Waals surface area contributed by atoms with Crippen LogP contribution < -0.4 is 10.6 Å². The van der Waals surface area contributed by atoms with E-state index < -0.39 is 5.60 Å². The maximum absolute atomic E-state index is 12.1. The van der Waals surface area contributed by atoms with Gasteiger partial charge < -0.3 is 15.7 Å². The van der Waals surface area contributed by atoms with Crippen LogP contribution in [0.3, 0.4) is 0 Å². The standard InChI is InChI=1S/C18H19ClN2O2/c19-15-8-4-5-9-16(15)21-17(22)20-12-18(23,14-10-11-14)13-6-2-1-3-7-13/h1-9,14,23H,10-12H2,(H2,20,21,22). The number of anilines is 1. The van der Waals surface area contributed by atoms with Crippen LogP contribution in [-0.4, -0.2) is 17.7 Å². The Bertz CT molecular complexity index is 688. The minimum atomic E-state index is -1.03. The van der Waals surface area contributed by atoms with Crippen LogP contribution in [0, 0.1) is 5.92 Å². The highest BCUT2D eigenvalue weighted by Gasteiger charge is 2.45. The molecular weight excluding hydrogens is 312 g/mol. The van der Waals surface area contributed by atoms with Gasteiger partial charge in [0.1, 0.15) is 5.60 Å². The van der Waals surface area contributed by atoms with Gasteiger partial charge in [0.2, 0.25) is 0 Å². The molecule has 1 unspecified atom stereocenters. The Morgan fingerprint density at radius 1 is 1.13 bits per heavy atom. The van der Waals surface area contributed by atoms with E-state index in [-0.39, 0.29) is 18.5 Å². The summed E-state index contributed by atoms with van der Waals surface area (Å²) in [6.45, 7) is 0.165. The van der Waals surface area contributed by atoms with Crippen LogP contribution in [-0.2, 0) is 5.60 Å². The first-order valence-corrected chi connectivity index (χ1v) is 8.04. The highest BCUT2D eigenvalue weighted by atomic mass is 35.5. The number of para-hydroxylation sites is 1. The van der Waals surface area contributed by atoms with Crippen LogP contribution in [0.1, 0.15) is 18.4 Å². The molecule has 2 aromatic carbocycles. The number of aliphatic hydroxyl groups is 1. The van der Waals surface area contributed by atoms with Gasteiger partial charge in [-0.25, -0.2) is 4.79 Å². The zero-order chi connectivity index (χ0) is 16.3. The second-order valence-corrected chi connectivity index (χ2v) is 6.26. The fourth-order valence-electron chi connectivity index (χ4n) is 2.71. The number of halogens is 1. The zero-order valence-electron chi connectivity index (χ0n) is 12.6. The Morgan fingerprint density at radius 3 is 2.43 bits per heavy atom. The summed E-state index contributed by atoms with van der Waals surface area (Å²) < 4.78 is 0. The zero-order valence-corrected chi connectivity index (χ0v) is 13.4. The lowest BCUT2D eigenvalue weighted by Gasteiger charge is -2.29. The summed E-state index contributed by atoms with van der Waals surface area (Å²) in [5, 5.41) is 17.0. The van der Waals surface area contributed by atoms with E-state index in [1.54, 1.807) is 24.3 Å². The smallest absolute Gasteiger partial charge is 0.319 e. The molecule has 2 aromatic rings. The second kappa shape index (κ2) is 6.60. The van der Waals surface area contributed by atoms with Crippen molar-refractivity contribution in [3.05, 3.63) is 65.2 Å². The first-order valence-electron chi connectivity index (χ1n) is 7.67. The number of urea groups is 1. The number of rotatable bonds is 5. The first-order chi connectivity index (χ1) is 11.1. The molecule has 0 aromatic heterocycles. The van der Waals surface area contributed by atoms with Gasteiger partial charge in [0.15, 0.2) is 0 Å². The number of nitrogens with one attached hydrogen (secondary N) is 2. The van der Waals surface area contributed by atoms with Gasteiger partial charge in [0.05, 0.1) is 17.3 Å². The average Bonchev–Trinajstić information content (AvgIpc) is 3.41. The topological polar surface area (TPSA) is 61.4 Å². The summed E-state index contributed by atoms with van der Waals surface area (Å²) in [7, 11) is 0. The number of amides is 2. The van der Waals surface area contributed by atoms with E-state index in [0.717, 1.165) is 18.4 Å². The quantitative estimate of drug-likeness (QED) is 0.781. The molecule has 3 rings (SSSR count). The summed E-state index contributed by atoms with van der Waals surface area (Å²) in [6, 6.07) is 16.1. The maximum Gasteiger partial charge on any atom is 0.319 e. The number of carbonyl (C=O) groups excluding carboxylic acids is 1. The summed E-state index contributed by atoms with van der Waals surface area (Å²) >= 11 is 6.02. The minimum Gasteiger partial charge on any atom is -0.383 e. The normalized spacial score (nSPS) is 16.4. The molecule has 1 aliphatic carbocycles. The molecule has 0 heterocycles. The molecule has 2 amide bonds. The molecule has 0 saturated heterocycles. The first kappa shape index (κ1) is 15.8. The summed E-state index contributed by atoms with van der Waals surface area (Å²) in [4.78, 5) is 12.1. The third kappa shape index (κ3) is 3.66. The third-order valence-corrected chi connectivity index (χ3v) is 4.50. The van der Waals surface area contributed by atoms with E-state index >= 15 is 0 Å². The molecule has 1 saturated carbocycles. The number of hydrogen-bond acceptors (Lipinski definition) is 2. The monoisotopic (exact) mass is 330 g/mol. The predicted molar refractivity (Wildman–Crippen MR) is 91.5 cm³/mol. The summed E-state index contributed by atoms with van der Waals surface area (Å²) in [5.41, 5.74) is 0.348. The number of carbonyl (C=O) groups is 1. The van der Waals surface area contributed by atoms with Crippen molar-refractivity contribution in [3.8, 4) is 0 Å². The lowest BCUT2D eigenvalue weighted by molar-refractivity contribution is 0.0164. The third-order valence-electron chi connectivity index (χ3n) is 4.17. The van der Waals surface area contributed by atoms with Crippen molar-refractivity contribution in [2.24, 2.45) is 5.92 Å². The lowest BCUT2D eigenvalue weighted by Crippen LogP contribution is -2.43. The van der Waals surface area contributed by atoms with Crippen LogP contribution in [0.25, 0.3) is 0 Å². The lowest BCUT2D eigenvalue weighted by atomic mass is 9.89. The van der Waals surface area contributed by atoms with Crippen molar-refractivity contribution < 1.29 is 9.90 Å². The number of hydrogen-bond donors (Lipinski definition) is 3. The molecule has 0 aliphatic heterocycles. The molecule has 5 heteroatoms. The molecule has 0 spiro atoms. The fraction of sp³-hybridized carbons (Fsp3) is 0.278. The molecule has 3 N–H and O–H groups in total. The van der Waals surface area contributed by atoms with Crippen molar-refractivity contribution in [1.82, 2.24) is 5.32 Å². The van der Waals surface area contributed by atoms with Gasteiger partial charge in [-0.1, -0.05) is 54.1 Å². The van der Waals surface area contributed by atoms with Crippen LogP contribution >= 0.6 is 11.6 Å². The summed E-state index contributed by atoms with van der Waals surface area (Å²) in [5.74, 6) is 0.186. The van der Waals surface area contributed by atoms with Crippen molar-refractivity contribution in [1.29, 1.82) is 0 Å². The average molecular weight is 331 g/mol. The largest absolute Gasteiger partial charge is 0.383 e. The van der Waals surface area contributed by atoms with E-state index in [2.05, 4.69) is 10.6 Å². The van der Waals surface area contributed by atoms with E-state index in [0.29, 0.717) is 10.7 Å². The van der Waals surface area contributed by atoms with Crippen LogP contribution in [0.15, 0.2) is 54.6 Å². The molecule has 1 fully saturated rings. The molecular formula is C18H19ClN2O2. The highest BCUT2D eigenvalue weighted by Crippen LogP contribution is 2.45. The van der Waals surface area contributed by atoms with Gasteiger partial charge in [0.25, 0.3) is 0 Å². The van der Waals surface area contributed by atoms with E-state index in [1.807, 2.05) is 30.3 Å². The minimum absolute atomic E-state index is 0.165. The molecule has 120 valence electrons. The van der Waals surface area contributed by atoms with Crippen molar-refractivity contribution >= 4 is 23.3 Å². The van der Waals surface area contributed by atoms with Crippen molar-refractivity contribution in [2.75, 3.05) is 11.9 Å². The van der Waals surface area contributed by atoms with Gasteiger partial charge in [-0.3, -0.25) is 0 Å². The number of benzene rings is 2. The fourth-order valence-corrected chi connectivity index (χ4v) is 2.90. The molecule has 4 nitrogen and oxygen atoms in total. The summed E-state index contributed by atoms with van der Waals surface area (Å²) in [6.07, 6.45) is 1.94. The Hall–Kier alpha value is -2.04.